The molecule has 1 N–H and O–H groups in total. The Labute approximate surface area is 125 Å². The first kappa shape index (κ1) is 14.5. The van der Waals surface area contributed by atoms with Gasteiger partial charge < -0.3 is 10.2 Å². The normalized spacial score (nSPS) is 20.6. The van der Waals surface area contributed by atoms with Gasteiger partial charge in [-0.1, -0.05) is 20.8 Å². The first-order valence-electron chi connectivity index (χ1n) is 6.09. The van der Waals surface area contributed by atoms with Crippen LogP contribution in [0, 0.1) is 5.41 Å². The zero-order valence-electron chi connectivity index (χ0n) is 11.2. The molecule has 0 bridgehead atoms. The molecule has 6 heteroatoms. The van der Waals surface area contributed by atoms with Gasteiger partial charge in [-0.25, -0.2) is 0 Å². The zero-order valence-corrected chi connectivity index (χ0v) is 13.6. The highest BCUT2D eigenvalue weighted by Crippen LogP contribution is 2.27. The minimum Gasteiger partial charge on any atom is -0.342 e. The van der Waals surface area contributed by atoms with E-state index in [1.54, 1.807) is 16.2 Å². The van der Waals surface area contributed by atoms with Crippen LogP contribution in [0.4, 0.5) is 0 Å². The van der Waals surface area contributed by atoms with Gasteiger partial charge >= 0.3 is 0 Å². The fourth-order valence-corrected chi connectivity index (χ4v) is 3.53. The summed E-state index contributed by atoms with van der Waals surface area (Å²) in [5.41, 5.74) is -0.280. The summed E-state index contributed by atoms with van der Waals surface area (Å²) in [4.78, 5) is 26.9. The van der Waals surface area contributed by atoms with Crippen molar-refractivity contribution in [3.63, 3.8) is 0 Å². The van der Waals surface area contributed by atoms with Crippen LogP contribution in [0.1, 0.15) is 25.6 Å². The molecule has 0 saturated carbocycles. The van der Waals surface area contributed by atoms with Crippen LogP contribution in [0.15, 0.2) is 15.9 Å². The fraction of sp³-hybridized carbons (Fsp3) is 0.538. The Balaban J connectivity index is 2.19. The zero-order chi connectivity index (χ0) is 14.2. The second-order valence-corrected chi connectivity index (χ2v) is 7.61. The van der Waals surface area contributed by atoms with Crippen LogP contribution in [0.3, 0.4) is 0 Å². The first-order chi connectivity index (χ1) is 8.79. The molecule has 1 saturated heterocycles. The summed E-state index contributed by atoms with van der Waals surface area (Å²) in [5.74, 6) is -0.0976. The molecule has 0 spiro atoms. The van der Waals surface area contributed by atoms with Crippen molar-refractivity contribution in [3.8, 4) is 0 Å². The monoisotopic (exact) mass is 344 g/mol. The smallest absolute Gasteiger partial charge is 0.246 e. The largest absolute Gasteiger partial charge is 0.342 e. The van der Waals surface area contributed by atoms with E-state index in [0.717, 1.165) is 9.35 Å². The Morgan fingerprint density at radius 3 is 2.68 bits per heavy atom. The lowest BCUT2D eigenvalue weighted by atomic mass is 9.85. The molecule has 1 aromatic rings. The van der Waals surface area contributed by atoms with Crippen LogP contribution < -0.4 is 5.32 Å². The van der Waals surface area contributed by atoms with Crippen molar-refractivity contribution in [2.24, 2.45) is 5.41 Å². The molecule has 2 rings (SSSR count). The third-order valence-corrected chi connectivity index (χ3v) is 5.00. The van der Waals surface area contributed by atoms with Crippen LogP contribution in [-0.2, 0) is 16.1 Å². The molecule has 0 radical (unpaired) electrons. The number of thiophene rings is 1. The van der Waals surface area contributed by atoms with Gasteiger partial charge in [-0.15, -0.1) is 11.3 Å². The van der Waals surface area contributed by atoms with Gasteiger partial charge in [0.1, 0.15) is 6.04 Å². The summed E-state index contributed by atoms with van der Waals surface area (Å²) in [7, 11) is 0. The molecule has 1 fully saturated rings. The van der Waals surface area contributed by atoms with E-state index in [0.29, 0.717) is 6.54 Å². The molecule has 2 heterocycles. The lowest BCUT2D eigenvalue weighted by Crippen LogP contribution is -2.61. The van der Waals surface area contributed by atoms with Crippen LogP contribution in [0.2, 0.25) is 0 Å². The van der Waals surface area contributed by atoms with E-state index < -0.39 is 6.04 Å². The fourth-order valence-electron chi connectivity index (χ4n) is 2.03. The van der Waals surface area contributed by atoms with Gasteiger partial charge in [0.05, 0.1) is 13.1 Å². The van der Waals surface area contributed by atoms with Gasteiger partial charge in [-0.05, 0) is 32.8 Å². The SMILES string of the molecule is CC(C)(C)C1NC(=O)CN(Cc2sccc2Br)C1=O. The molecule has 1 aliphatic heterocycles. The lowest BCUT2D eigenvalue weighted by molar-refractivity contribution is -0.147. The molecular formula is C13H17BrN2O2S. The van der Waals surface area contributed by atoms with E-state index in [1.165, 1.54) is 0 Å². The third kappa shape index (κ3) is 3.17. The van der Waals surface area contributed by atoms with Crippen molar-refractivity contribution < 1.29 is 9.59 Å². The van der Waals surface area contributed by atoms with Crippen molar-refractivity contribution in [1.82, 2.24) is 10.2 Å². The number of hydrogen-bond donors (Lipinski definition) is 1. The number of carbonyl (C=O) groups is 2. The second kappa shape index (κ2) is 5.25. The number of amides is 2. The maximum atomic E-state index is 12.5. The number of halogens is 1. The average Bonchev–Trinajstić information content (AvgIpc) is 2.68. The molecule has 4 nitrogen and oxygen atoms in total. The molecule has 0 aromatic carbocycles. The van der Waals surface area contributed by atoms with E-state index in [4.69, 9.17) is 0 Å². The third-order valence-electron chi connectivity index (χ3n) is 3.09. The topological polar surface area (TPSA) is 49.4 Å². The molecule has 1 unspecified atom stereocenters. The summed E-state index contributed by atoms with van der Waals surface area (Å²) in [6.45, 7) is 6.49. The second-order valence-electron chi connectivity index (χ2n) is 5.75. The van der Waals surface area contributed by atoms with E-state index in [-0.39, 0.29) is 23.8 Å². The van der Waals surface area contributed by atoms with Crippen molar-refractivity contribution in [2.75, 3.05) is 6.54 Å². The first-order valence-corrected chi connectivity index (χ1v) is 7.76. The average molecular weight is 345 g/mol. The highest BCUT2D eigenvalue weighted by molar-refractivity contribution is 9.10. The quantitative estimate of drug-likeness (QED) is 0.895. The van der Waals surface area contributed by atoms with Crippen LogP contribution in [-0.4, -0.2) is 29.3 Å². The Morgan fingerprint density at radius 1 is 1.47 bits per heavy atom. The number of nitrogens with one attached hydrogen (secondary N) is 1. The molecule has 1 aliphatic rings. The Bertz CT molecular complexity index is 507. The van der Waals surface area contributed by atoms with E-state index in [1.807, 2.05) is 32.2 Å². The minimum atomic E-state index is -0.451. The number of piperazine rings is 1. The molecule has 19 heavy (non-hydrogen) atoms. The van der Waals surface area contributed by atoms with Crippen molar-refractivity contribution >= 4 is 39.1 Å². The predicted octanol–water partition coefficient (Wildman–Crippen LogP) is 2.38. The maximum absolute atomic E-state index is 12.5. The molecule has 2 amide bonds. The highest BCUT2D eigenvalue weighted by Gasteiger charge is 2.39. The van der Waals surface area contributed by atoms with Crippen LogP contribution >= 0.6 is 27.3 Å². The van der Waals surface area contributed by atoms with Crippen molar-refractivity contribution in [3.05, 3.63) is 20.8 Å². The Hall–Kier alpha value is -0.880. The van der Waals surface area contributed by atoms with Crippen LogP contribution in [0.5, 0.6) is 0 Å². The standard InChI is InChI=1S/C13H17BrN2O2S/c1-13(2,3)11-12(18)16(7-10(17)15-11)6-9-8(14)4-5-19-9/h4-5,11H,6-7H2,1-3H3,(H,15,17). The molecule has 0 aliphatic carbocycles. The summed E-state index contributed by atoms with van der Waals surface area (Å²) in [5, 5.41) is 4.76. The minimum absolute atomic E-state index is 0.00704. The summed E-state index contributed by atoms with van der Waals surface area (Å²) in [6.07, 6.45) is 0. The van der Waals surface area contributed by atoms with Gasteiger partial charge in [-0.3, -0.25) is 9.59 Å². The van der Waals surface area contributed by atoms with Gasteiger partial charge in [0.15, 0.2) is 0 Å². The van der Waals surface area contributed by atoms with Crippen LogP contribution in [0.25, 0.3) is 0 Å². The van der Waals surface area contributed by atoms with Gasteiger partial charge in [0.2, 0.25) is 11.8 Å². The number of hydrogen-bond acceptors (Lipinski definition) is 3. The van der Waals surface area contributed by atoms with E-state index in [2.05, 4.69) is 21.2 Å². The predicted molar refractivity (Wildman–Crippen MR) is 78.8 cm³/mol. The summed E-state index contributed by atoms with van der Waals surface area (Å²) in [6, 6.07) is 1.50. The molecule has 1 atom stereocenters. The van der Waals surface area contributed by atoms with E-state index in [9.17, 15) is 9.59 Å². The number of rotatable bonds is 2. The molecule has 104 valence electrons. The van der Waals surface area contributed by atoms with Gasteiger partial charge in [0.25, 0.3) is 0 Å². The van der Waals surface area contributed by atoms with Crippen molar-refractivity contribution in [1.29, 1.82) is 0 Å². The maximum Gasteiger partial charge on any atom is 0.246 e. The summed E-state index contributed by atoms with van der Waals surface area (Å²) >= 11 is 5.04. The van der Waals surface area contributed by atoms with Gasteiger partial charge in [-0.2, -0.15) is 0 Å². The van der Waals surface area contributed by atoms with Gasteiger partial charge in [0, 0.05) is 9.35 Å². The number of nitrogens with zero attached hydrogens (tertiary/aromatic N) is 1. The van der Waals surface area contributed by atoms with Crippen molar-refractivity contribution in [2.45, 2.75) is 33.4 Å². The summed E-state index contributed by atoms with van der Waals surface area (Å²) < 4.78 is 0.989. The van der Waals surface area contributed by atoms with E-state index >= 15 is 0 Å². The molecule has 1 aromatic heterocycles. The number of carbonyl (C=O) groups excluding carboxylic acids is 2. The highest BCUT2D eigenvalue weighted by atomic mass is 79.9. The Kier molecular flexibility index (Phi) is 4.01. The lowest BCUT2D eigenvalue weighted by Gasteiger charge is -2.38. The Morgan fingerprint density at radius 2 is 2.16 bits per heavy atom. The molecular weight excluding hydrogens is 328 g/mol.